The van der Waals surface area contributed by atoms with E-state index in [-0.39, 0.29) is 10.2 Å². The molecule has 0 amide bonds. The minimum atomic E-state index is -3.90. The fourth-order valence-corrected chi connectivity index (χ4v) is 5.08. The smallest absolute Gasteiger partial charge is 0.252 e. The summed E-state index contributed by atoms with van der Waals surface area (Å²) in [6.07, 6.45) is 1.61. The van der Waals surface area contributed by atoms with Crippen LogP contribution in [0.15, 0.2) is 83.9 Å². The Bertz CT molecular complexity index is 1480. The fourth-order valence-electron chi connectivity index (χ4n) is 3.37. The highest BCUT2D eigenvalue weighted by atomic mass is 35.5. The van der Waals surface area contributed by atoms with Crippen LogP contribution >= 0.6 is 11.6 Å². The van der Waals surface area contributed by atoms with Crippen molar-refractivity contribution in [2.24, 2.45) is 0 Å². The molecule has 0 aliphatic heterocycles. The summed E-state index contributed by atoms with van der Waals surface area (Å²) >= 11 is 6.15. The van der Waals surface area contributed by atoms with Gasteiger partial charge in [-0.2, -0.15) is 0 Å². The Morgan fingerprint density at radius 2 is 1.62 bits per heavy atom. The Hall–Kier alpha value is -3.29. The van der Waals surface area contributed by atoms with E-state index >= 15 is 0 Å². The molecule has 0 fully saturated rings. The number of hydrogen-bond acceptors (Lipinski definition) is 5. The lowest BCUT2D eigenvalue weighted by Crippen LogP contribution is -2.14. The standard InChI is InChI=1S/C21H13ClN4O2S/c22-21-24-16-10-6-12-23-19(16)20(25-21)18-13-14-7-4-5-11-17(14)26(18)29(27,28)15-8-2-1-3-9-15/h1-13H. The number of fused-ring (bicyclic) bond motifs is 2. The van der Waals surface area contributed by atoms with Gasteiger partial charge in [-0.05, 0) is 48.0 Å². The van der Waals surface area contributed by atoms with E-state index in [0.29, 0.717) is 27.9 Å². The second kappa shape index (κ2) is 6.65. The third kappa shape index (κ3) is 2.86. The number of benzene rings is 2. The van der Waals surface area contributed by atoms with Gasteiger partial charge in [0.2, 0.25) is 5.28 Å². The number of nitrogens with zero attached hydrogens (tertiary/aromatic N) is 4. The summed E-state index contributed by atoms with van der Waals surface area (Å²) < 4.78 is 28.5. The maximum atomic E-state index is 13.6. The highest BCUT2D eigenvalue weighted by Gasteiger charge is 2.26. The maximum Gasteiger partial charge on any atom is 0.268 e. The van der Waals surface area contributed by atoms with Crippen molar-refractivity contribution in [2.75, 3.05) is 0 Å². The quantitative estimate of drug-likeness (QED) is 0.400. The molecular weight excluding hydrogens is 408 g/mol. The minimum absolute atomic E-state index is 0.0226. The summed E-state index contributed by atoms with van der Waals surface area (Å²) in [5.74, 6) is 0. The van der Waals surface area contributed by atoms with E-state index in [9.17, 15) is 8.42 Å². The molecule has 6 nitrogen and oxygen atoms in total. The van der Waals surface area contributed by atoms with Crippen LogP contribution in [0.2, 0.25) is 5.28 Å². The first-order valence-corrected chi connectivity index (χ1v) is 10.6. The summed E-state index contributed by atoms with van der Waals surface area (Å²) in [6.45, 7) is 0. The predicted molar refractivity (Wildman–Crippen MR) is 112 cm³/mol. The molecule has 0 bridgehead atoms. The van der Waals surface area contributed by atoms with Gasteiger partial charge in [0.25, 0.3) is 10.0 Å². The van der Waals surface area contributed by atoms with Crippen LogP contribution < -0.4 is 0 Å². The van der Waals surface area contributed by atoms with Crippen molar-refractivity contribution in [3.8, 4) is 11.4 Å². The Balaban J connectivity index is 1.92. The Kier molecular flexibility index (Phi) is 4.08. The molecule has 3 aromatic heterocycles. The molecule has 5 aromatic rings. The van der Waals surface area contributed by atoms with E-state index in [0.717, 1.165) is 5.39 Å². The van der Waals surface area contributed by atoms with Gasteiger partial charge in [0.15, 0.2) is 0 Å². The molecule has 0 spiro atoms. The number of aromatic nitrogens is 4. The average Bonchev–Trinajstić information content (AvgIpc) is 3.14. The largest absolute Gasteiger partial charge is 0.268 e. The van der Waals surface area contributed by atoms with Crippen LogP contribution in [0.1, 0.15) is 0 Å². The van der Waals surface area contributed by atoms with Crippen molar-refractivity contribution >= 4 is 43.6 Å². The molecule has 29 heavy (non-hydrogen) atoms. The highest BCUT2D eigenvalue weighted by molar-refractivity contribution is 7.90. The Morgan fingerprint density at radius 3 is 2.45 bits per heavy atom. The van der Waals surface area contributed by atoms with Crippen molar-refractivity contribution in [3.05, 3.63) is 84.3 Å². The van der Waals surface area contributed by atoms with Crippen LogP contribution in [0.4, 0.5) is 0 Å². The Morgan fingerprint density at radius 1 is 0.862 bits per heavy atom. The molecule has 8 heteroatoms. The van der Waals surface area contributed by atoms with E-state index in [2.05, 4.69) is 15.0 Å². The SMILES string of the molecule is O=S(=O)(c1ccccc1)n1c(-c2nc(Cl)nc3cccnc23)cc2ccccc21. The molecular formula is C21H13ClN4O2S. The van der Waals surface area contributed by atoms with Crippen molar-refractivity contribution in [2.45, 2.75) is 4.90 Å². The monoisotopic (exact) mass is 420 g/mol. The van der Waals surface area contributed by atoms with Crippen LogP contribution in [0.3, 0.4) is 0 Å². The number of para-hydroxylation sites is 1. The number of halogens is 1. The summed E-state index contributed by atoms with van der Waals surface area (Å²) in [5.41, 5.74) is 2.30. The van der Waals surface area contributed by atoms with Gasteiger partial charge in [-0.3, -0.25) is 4.98 Å². The second-order valence-corrected chi connectivity index (χ2v) is 8.51. The van der Waals surface area contributed by atoms with Gasteiger partial charge in [-0.1, -0.05) is 36.4 Å². The zero-order chi connectivity index (χ0) is 20.0. The lowest BCUT2D eigenvalue weighted by Gasteiger charge is -2.13. The number of hydrogen-bond donors (Lipinski definition) is 0. The zero-order valence-electron chi connectivity index (χ0n) is 14.9. The molecule has 0 N–H and O–H groups in total. The topological polar surface area (TPSA) is 77.7 Å². The molecule has 0 unspecified atom stereocenters. The summed E-state index contributed by atoms with van der Waals surface area (Å²) in [6, 6.07) is 20.8. The van der Waals surface area contributed by atoms with Crippen LogP contribution in [0.25, 0.3) is 33.3 Å². The molecule has 0 aliphatic carbocycles. The first-order valence-electron chi connectivity index (χ1n) is 8.75. The molecule has 0 radical (unpaired) electrons. The molecule has 0 saturated heterocycles. The predicted octanol–water partition coefficient (Wildman–Crippen LogP) is 4.54. The number of pyridine rings is 1. The minimum Gasteiger partial charge on any atom is -0.252 e. The van der Waals surface area contributed by atoms with Gasteiger partial charge in [0.05, 0.1) is 21.6 Å². The summed E-state index contributed by atoms with van der Waals surface area (Å²) in [5, 5.41) is 0.787. The third-order valence-corrected chi connectivity index (χ3v) is 6.53. The molecule has 5 rings (SSSR count). The van der Waals surface area contributed by atoms with Crippen LogP contribution in [-0.4, -0.2) is 27.3 Å². The van der Waals surface area contributed by atoms with E-state index in [1.165, 1.54) is 3.97 Å². The fraction of sp³-hybridized carbons (Fsp3) is 0. The molecule has 0 aliphatic rings. The van der Waals surface area contributed by atoms with E-state index in [1.54, 1.807) is 66.9 Å². The van der Waals surface area contributed by atoms with Crippen molar-refractivity contribution in [1.29, 1.82) is 0 Å². The average molecular weight is 421 g/mol. The normalized spacial score (nSPS) is 11.9. The van der Waals surface area contributed by atoms with Gasteiger partial charge in [-0.25, -0.2) is 22.4 Å². The van der Waals surface area contributed by atoms with Crippen LogP contribution in [0, 0.1) is 0 Å². The van der Waals surface area contributed by atoms with E-state index in [4.69, 9.17) is 11.6 Å². The third-order valence-electron chi connectivity index (χ3n) is 4.62. The molecule has 142 valence electrons. The van der Waals surface area contributed by atoms with E-state index in [1.807, 2.05) is 12.1 Å². The van der Waals surface area contributed by atoms with Gasteiger partial charge in [0, 0.05) is 11.6 Å². The summed E-state index contributed by atoms with van der Waals surface area (Å²) in [7, 11) is -3.90. The molecule has 0 atom stereocenters. The molecule has 2 aromatic carbocycles. The highest BCUT2D eigenvalue weighted by Crippen LogP contribution is 2.34. The second-order valence-electron chi connectivity index (χ2n) is 6.38. The van der Waals surface area contributed by atoms with Gasteiger partial charge < -0.3 is 0 Å². The van der Waals surface area contributed by atoms with Crippen LogP contribution in [0.5, 0.6) is 0 Å². The van der Waals surface area contributed by atoms with E-state index < -0.39 is 10.0 Å². The lowest BCUT2D eigenvalue weighted by atomic mass is 10.2. The van der Waals surface area contributed by atoms with Crippen molar-refractivity contribution in [1.82, 2.24) is 18.9 Å². The number of rotatable bonds is 3. The molecule has 3 heterocycles. The van der Waals surface area contributed by atoms with Crippen molar-refractivity contribution < 1.29 is 8.42 Å². The van der Waals surface area contributed by atoms with Crippen molar-refractivity contribution in [3.63, 3.8) is 0 Å². The summed E-state index contributed by atoms with van der Waals surface area (Å²) in [4.78, 5) is 13.1. The first-order chi connectivity index (χ1) is 14.1. The van der Waals surface area contributed by atoms with Gasteiger partial charge in [-0.15, -0.1) is 0 Å². The van der Waals surface area contributed by atoms with Crippen LogP contribution in [-0.2, 0) is 10.0 Å². The zero-order valence-corrected chi connectivity index (χ0v) is 16.5. The lowest BCUT2D eigenvalue weighted by molar-refractivity contribution is 0.589. The molecule has 0 saturated carbocycles. The Labute approximate surface area is 171 Å². The van der Waals surface area contributed by atoms with Gasteiger partial charge in [0.1, 0.15) is 11.2 Å². The first kappa shape index (κ1) is 17.8. The van der Waals surface area contributed by atoms with Gasteiger partial charge >= 0.3 is 0 Å². The maximum absolute atomic E-state index is 13.6.